The normalized spacial score (nSPS) is 26.8. The summed E-state index contributed by atoms with van der Waals surface area (Å²) in [5.41, 5.74) is 0.0703. The van der Waals surface area contributed by atoms with Crippen molar-refractivity contribution in [2.45, 2.75) is 37.4 Å². The molecular weight excluding hydrogens is 337 g/mol. The lowest BCUT2D eigenvalue weighted by molar-refractivity contribution is -0.148. The average molecular weight is 363 g/mol. The Hall–Kier alpha value is -1.50. The fourth-order valence-electron chi connectivity index (χ4n) is 4.50. The summed E-state index contributed by atoms with van der Waals surface area (Å²) in [4.78, 5) is 15.6. The molecule has 3 aliphatic rings. The number of carbonyl (C=O) groups excluding carboxylic acids is 1. The standard InChI is InChI=1S/C20H26FNO4/c21-17-5-1-4-16(13-17)20(6-9-24-10-7-20)19(23)22-8-2-3-15(14-22)18-25-11-12-26-18/h1,4-5,13,15,18H,2-3,6-12,14H2. The highest BCUT2D eigenvalue weighted by Crippen LogP contribution is 2.38. The van der Waals surface area contributed by atoms with Crippen molar-refractivity contribution in [3.05, 3.63) is 35.6 Å². The maximum atomic E-state index is 13.9. The first-order chi connectivity index (χ1) is 12.7. The minimum Gasteiger partial charge on any atom is -0.381 e. The number of halogens is 1. The predicted molar refractivity (Wildman–Crippen MR) is 93.1 cm³/mol. The van der Waals surface area contributed by atoms with Crippen molar-refractivity contribution in [3.63, 3.8) is 0 Å². The fraction of sp³-hybridized carbons (Fsp3) is 0.650. The molecule has 6 heteroatoms. The molecule has 3 saturated heterocycles. The van der Waals surface area contributed by atoms with E-state index in [-0.39, 0.29) is 23.9 Å². The van der Waals surface area contributed by atoms with Gasteiger partial charge in [0.25, 0.3) is 0 Å². The number of nitrogens with zero attached hydrogens (tertiary/aromatic N) is 1. The van der Waals surface area contributed by atoms with Crippen LogP contribution >= 0.6 is 0 Å². The maximum absolute atomic E-state index is 13.9. The molecule has 1 atom stereocenters. The quantitative estimate of drug-likeness (QED) is 0.828. The second-order valence-corrected chi connectivity index (χ2v) is 7.47. The van der Waals surface area contributed by atoms with E-state index in [0.29, 0.717) is 45.8 Å². The van der Waals surface area contributed by atoms with E-state index in [1.54, 1.807) is 6.07 Å². The molecule has 0 N–H and O–H groups in total. The lowest BCUT2D eigenvalue weighted by atomic mass is 9.72. The van der Waals surface area contributed by atoms with Gasteiger partial charge in [-0.3, -0.25) is 4.79 Å². The molecule has 4 rings (SSSR count). The first kappa shape index (κ1) is 17.9. The van der Waals surface area contributed by atoms with Crippen LogP contribution in [0.3, 0.4) is 0 Å². The van der Waals surface area contributed by atoms with Gasteiger partial charge in [-0.25, -0.2) is 4.39 Å². The summed E-state index contributed by atoms with van der Waals surface area (Å²) in [5.74, 6) is -0.000796. The molecule has 3 heterocycles. The molecule has 1 aromatic rings. The Morgan fingerprint density at radius 1 is 1.15 bits per heavy atom. The van der Waals surface area contributed by atoms with Crippen molar-refractivity contribution in [2.75, 3.05) is 39.5 Å². The Balaban J connectivity index is 1.58. The average Bonchev–Trinajstić information content (AvgIpc) is 3.23. The molecule has 3 aliphatic heterocycles. The van der Waals surface area contributed by atoms with E-state index in [0.717, 1.165) is 24.9 Å². The summed E-state index contributed by atoms with van der Waals surface area (Å²) in [6.45, 7) is 3.67. The van der Waals surface area contributed by atoms with Gasteiger partial charge in [0.05, 0.1) is 18.6 Å². The first-order valence-electron chi connectivity index (χ1n) is 9.55. The van der Waals surface area contributed by atoms with E-state index < -0.39 is 5.41 Å². The van der Waals surface area contributed by atoms with Gasteiger partial charge in [0, 0.05) is 32.2 Å². The van der Waals surface area contributed by atoms with E-state index in [1.807, 2.05) is 11.0 Å². The molecule has 0 spiro atoms. The highest BCUT2D eigenvalue weighted by molar-refractivity contribution is 5.88. The van der Waals surface area contributed by atoms with E-state index in [2.05, 4.69) is 0 Å². The van der Waals surface area contributed by atoms with Crippen molar-refractivity contribution < 1.29 is 23.4 Å². The third-order valence-corrected chi connectivity index (χ3v) is 5.91. The minimum atomic E-state index is -0.695. The van der Waals surface area contributed by atoms with Crippen LogP contribution in [-0.4, -0.2) is 56.6 Å². The SMILES string of the molecule is O=C(N1CCCC(C2OCCO2)C1)C1(c2cccc(F)c2)CCOCC1. The van der Waals surface area contributed by atoms with Crippen molar-refractivity contribution >= 4 is 5.91 Å². The van der Waals surface area contributed by atoms with E-state index in [1.165, 1.54) is 12.1 Å². The number of hydrogen-bond acceptors (Lipinski definition) is 4. The zero-order valence-corrected chi connectivity index (χ0v) is 15.0. The molecular formula is C20H26FNO4. The van der Waals surface area contributed by atoms with Crippen LogP contribution in [-0.2, 0) is 24.4 Å². The highest BCUT2D eigenvalue weighted by atomic mass is 19.1. The van der Waals surface area contributed by atoms with Crippen LogP contribution in [0.4, 0.5) is 4.39 Å². The number of likely N-dealkylation sites (tertiary alicyclic amines) is 1. The molecule has 1 unspecified atom stereocenters. The molecule has 0 saturated carbocycles. The fourth-order valence-corrected chi connectivity index (χ4v) is 4.50. The number of rotatable bonds is 3. The van der Waals surface area contributed by atoms with Gasteiger partial charge in [-0.2, -0.15) is 0 Å². The molecule has 0 bridgehead atoms. The van der Waals surface area contributed by atoms with Crippen molar-refractivity contribution in [3.8, 4) is 0 Å². The second kappa shape index (κ2) is 7.62. The number of amides is 1. The number of benzene rings is 1. The van der Waals surface area contributed by atoms with Crippen molar-refractivity contribution in [2.24, 2.45) is 5.92 Å². The van der Waals surface area contributed by atoms with Crippen LogP contribution < -0.4 is 0 Å². The van der Waals surface area contributed by atoms with E-state index >= 15 is 0 Å². The molecule has 142 valence electrons. The topological polar surface area (TPSA) is 48.0 Å². The number of ether oxygens (including phenoxy) is 3. The van der Waals surface area contributed by atoms with Crippen molar-refractivity contribution in [1.82, 2.24) is 4.90 Å². The van der Waals surface area contributed by atoms with E-state index in [4.69, 9.17) is 14.2 Å². The van der Waals surface area contributed by atoms with Gasteiger partial charge < -0.3 is 19.1 Å². The third-order valence-electron chi connectivity index (χ3n) is 5.91. The van der Waals surface area contributed by atoms with Gasteiger partial charge in [0.15, 0.2) is 6.29 Å². The predicted octanol–water partition coefficient (Wildman–Crippen LogP) is 2.49. The third kappa shape index (κ3) is 3.38. The highest BCUT2D eigenvalue weighted by Gasteiger charge is 2.45. The molecule has 26 heavy (non-hydrogen) atoms. The van der Waals surface area contributed by atoms with Crippen molar-refractivity contribution in [1.29, 1.82) is 0 Å². The molecule has 1 amide bonds. The number of carbonyl (C=O) groups is 1. The number of hydrogen-bond donors (Lipinski definition) is 0. The summed E-state index contributed by atoms with van der Waals surface area (Å²) < 4.78 is 30.7. The first-order valence-corrected chi connectivity index (χ1v) is 9.55. The summed E-state index contributed by atoms with van der Waals surface area (Å²) in [5, 5.41) is 0. The van der Waals surface area contributed by atoms with E-state index in [9.17, 15) is 9.18 Å². The molecule has 3 fully saturated rings. The lowest BCUT2D eigenvalue weighted by Gasteiger charge is -2.43. The van der Waals surface area contributed by atoms with Crippen LogP contribution in [0.2, 0.25) is 0 Å². The number of piperidine rings is 1. The zero-order valence-electron chi connectivity index (χ0n) is 15.0. The molecule has 1 aromatic carbocycles. The van der Waals surface area contributed by atoms with Crippen LogP contribution in [0.5, 0.6) is 0 Å². The lowest BCUT2D eigenvalue weighted by Crippen LogP contribution is -2.53. The monoisotopic (exact) mass is 363 g/mol. The summed E-state index contributed by atoms with van der Waals surface area (Å²) in [7, 11) is 0. The summed E-state index contributed by atoms with van der Waals surface area (Å²) in [6, 6.07) is 6.49. The Bertz CT molecular complexity index is 640. The Morgan fingerprint density at radius 3 is 2.65 bits per heavy atom. The van der Waals surface area contributed by atoms with Crippen LogP contribution in [0.25, 0.3) is 0 Å². The summed E-state index contributed by atoms with van der Waals surface area (Å²) >= 11 is 0. The Labute approximate surface area is 153 Å². The minimum absolute atomic E-state index is 0.0918. The Morgan fingerprint density at radius 2 is 1.92 bits per heavy atom. The van der Waals surface area contributed by atoms with Crippen LogP contribution in [0, 0.1) is 11.7 Å². The van der Waals surface area contributed by atoms with Gasteiger partial charge >= 0.3 is 0 Å². The van der Waals surface area contributed by atoms with Crippen LogP contribution in [0.1, 0.15) is 31.2 Å². The maximum Gasteiger partial charge on any atom is 0.233 e. The van der Waals surface area contributed by atoms with Gasteiger partial charge in [-0.05, 0) is 43.4 Å². The smallest absolute Gasteiger partial charge is 0.233 e. The Kier molecular flexibility index (Phi) is 5.25. The molecule has 0 aliphatic carbocycles. The van der Waals surface area contributed by atoms with Gasteiger partial charge in [0.2, 0.25) is 5.91 Å². The summed E-state index contributed by atoms with van der Waals surface area (Å²) in [6.07, 6.45) is 2.92. The van der Waals surface area contributed by atoms with Gasteiger partial charge in [0.1, 0.15) is 5.82 Å². The zero-order chi connectivity index (χ0) is 18.0. The molecule has 5 nitrogen and oxygen atoms in total. The second-order valence-electron chi connectivity index (χ2n) is 7.47. The largest absolute Gasteiger partial charge is 0.381 e. The van der Waals surface area contributed by atoms with Gasteiger partial charge in [-0.15, -0.1) is 0 Å². The van der Waals surface area contributed by atoms with Crippen LogP contribution in [0.15, 0.2) is 24.3 Å². The molecule has 0 radical (unpaired) electrons. The molecule has 0 aromatic heterocycles. The van der Waals surface area contributed by atoms with Gasteiger partial charge in [-0.1, -0.05) is 12.1 Å².